The zero-order valence-corrected chi connectivity index (χ0v) is 16.4. The lowest BCUT2D eigenvalue weighted by atomic mass is 9.92. The van der Waals surface area contributed by atoms with E-state index >= 15 is 0 Å². The second kappa shape index (κ2) is 7.55. The third-order valence-corrected chi connectivity index (χ3v) is 5.24. The highest BCUT2D eigenvalue weighted by Crippen LogP contribution is 2.27. The van der Waals surface area contributed by atoms with Crippen molar-refractivity contribution in [3.05, 3.63) is 42.0 Å². The average Bonchev–Trinajstić information content (AvgIpc) is 3.12. The molecule has 0 unspecified atom stereocenters. The Balaban J connectivity index is 1.47. The SMILES string of the molecule is CN1CCC(c2cnc(Nc3cc4[nH]c(C(=O)N(C)C)cc4cn3)nc2)CC1. The summed E-state index contributed by atoms with van der Waals surface area (Å²) in [5.41, 5.74) is 2.57. The van der Waals surface area contributed by atoms with Crippen LogP contribution in [0, 0.1) is 0 Å². The van der Waals surface area contributed by atoms with Crippen LogP contribution in [-0.4, -0.2) is 69.9 Å². The van der Waals surface area contributed by atoms with Crippen LogP contribution < -0.4 is 5.32 Å². The number of aromatic nitrogens is 4. The highest BCUT2D eigenvalue weighted by molar-refractivity contribution is 5.98. The first kappa shape index (κ1) is 18.4. The number of hydrogen-bond acceptors (Lipinski definition) is 6. The van der Waals surface area contributed by atoms with Crippen molar-refractivity contribution in [2.45, 2.75) is 18.8 Å². The number of anilines is 2. The van der Waals surface area contributed by atoms with Crippen LogP contribution in [0.1, 0.15) is 34.8 Å². The van der Waals surface area contributed by atoms with E-state index in [0.29, 0.717) is 23.4 Å². The molecule has 0 bridgehead atoms. The summed E-state index contributed by atoms with van der Waals surface area (Å²) in [6.45, 7) is 2.23. The Morgan fingerprint density at radius 1 is 1.14 bits per heavy atom. The van der Waals surface area contributed by atoms with Gasteiger partial charge in [-0.1, -0.05) is 0 Å². The first-order valence-corrected chi connectivity index (χ1v) is 9.47. The Morgan fingerprint density at radius 2 is 1.86 bits per heavy atom. The second-order valence-corrected chi connectivity index (χ2v) is 7.58. The van der Waals surface area contributed by atoms with Crippen LogP contribution in [0.15, 0.2) is 30.7 Å². The summed E-state index contributed by atoms with van der Waals surface area (Å²) in [5.74, 6) is 1.61. The molecule has 1 saturated heterocycles. The summed E-state index contributed by atoms with van der Waals surface area (Å²) in [4.78, 5) is 32.5. The molecule has 146 valence electrons. The quantitative estimate of drug-likeness (QED) is 0.724. The molecule has 0 aromatic carbocycles. The van der Waals surface area contributed by atoms with Crippen LogP contribution in [0.3, 0.4) is 0 Å². The molecule has 8 heteroatoms. The van der Waals surface area contributed by atoms with Crippen LogP contribution in [0.2, 0.25) is 0 Å². The van der Waals surface area contributed by atoms with E-state index in [-0.39, 0.29) is 5.91 Å². The molecule has 1 fully saturated rings. The van der Waals surface area contributed by atoms with Crippen LogP contribution >= 0.6 is 0 Å². The fraction of sp³-hybridized carbons (Fsp3) is 0.400. The van der Waals surface area contributed by atoms with Gasteiger partial charge < -0.3 is 20.1 Å². The van der Waals surface area contributed by atoms with Crippen LogP contribution in [0.5, 0.6) is 0 Å². The van der Waals surface area contributed by atoms with Gasteiger partial charge in [-0.25, -0.2) is 15.0 Å². The maximum atomic E-state index is 12.1. The fourth-order valence-corrected chi connectivity index (χ4v) is 3.52. The van der Waals surface area contributed by atoms with E-state index in [1.807, 2.05) is 18.5 Å². The lowest BCUT2D eigenvalue weighted by Crippen LogP contribution is -2.29. The zero-order valence-electron chi connectivity index (χ0n) is 16.4. The van der Waals surface area contributed by atoms with Gasteiger partial charge in [0.2, 0.25) is 5.95 Å². The molecule has 28 heavy (non-hydrogen) atoms. The Bertz CT molecular complexity index is 972. The lowest BCUT2D eigenvalue weighted by molar-refractivity contribution is 0.0823. The van der Waals surface area contributed by atoms with Crippen LogP contribution in [-0.2, 0) is 0 Å². The Morgan fingerprint density at radius 3 is 2.54 bits per heavy atom. The minimum Gasteiger partial charge on any atom is -0.350 e. The van der Waals surface area contributed by atoms with E-state index in [4.69, 9.17) is 0 Å². The Kier molecular flexibility index (Phi) is 4.95. The smallest absolute Gasteiger partial charge is 0.269 e. The van der Waals surface area contributed by atoms with E-state index in [1.165, 1.54) is 10.5 Å². The molecule has 1 amide bonds. The van der Waals surface area contributed by atoms with Gasteiger partial charge in [-0.15, -0.1) is 0 Å². The van der Waals surface area contributed by atoms with Crippen molar-refractivity contribution in [1.82, 2.24) is 29.7 Å². The standard InChI is InChI=1S/C20H25N7O/c1-26(2)19(28)17-8-14-10-21-18(9-16(14)24-17)25-20-22-11-15(12-23-20)13-4-6-27(3)7-5-13/h8-13,24H,4-7H2,1-3H3,(H,21,22,23,25). The van der Waals surface area contributed by atoms with E-state index in [2.05, 4.69) is 37.2 Å². The summed E-state index contributed by atoms with van der Waals surface area (Å²) < 4.78 is 0. The van der Waals surface area contributed by atoms with Crippen molar-refractivity contribution in [3.8, 4) is 0 Å². The molecule has 0 saturated carbocycles. The first-order chi connectivity index (χ1) is 13.5. The van der Waals surface area contributed by atoms with Crippen molar-refractivity contribution in [2.24, 2.45) is 0 Å². The summed E-state index contributed by atoms with van der Waals surface area (Å²) in [6.07, 6.45) is 7.84. The lowest BCUT2D eigenvalue weighted by Gasteiger charge is -2.28. The van der Waals surface area contributed by atoms with Crippen molar-refractivity contribution >= 4 is 28.6 Å². The number of nitrogens with zero attached hydrogens (tertiary/aromatic N) is 5. The number of aromatic amines is 1. The number of H-pyrrole nitrogens is 1. The molecule has 3 aromatic rings. The number of hydrogen-bond donors (Lipinski definition) is 2. The number of amides is 1. The summed E-state index contributed by atoms with van der Waals surface area (Å²) in [6, 6.07) is 3.66. The summed E-state index contributed by atoms with van der Waals surface area (Å²) >= 11 is 0. The van der Waals surface area contributed by atoms with E-state index in [0.717, 1.165) is 36.8 Å². The van der Waals surface area contributed by atoms with Gasteiger partial charge in [0.1, 0.15) is 11.5 Å². The predicted molar refractivity (Wildman–Crippen MR) is 109 cm³/mol. The van der Waals surface area contributed by atoms with Gasteiger partial charge in [-0.3, -0.25) is 4.79 Å². The number of piperidine rings is 1. The average molecular weight is 379 g/mol. The first-order valence-electron chi connectivity index (χ1n) is 9.47. The van der Waals surface area contributed by atoms with E-state index in [1.54, 1.807) is 26.4 Å². The number of carbonyl (C=O) groups excluding carboxylic acids is 1. The molecule has 1 aliphatic heterocycles. The van der Waals surface area contributed by atoms with Gasteiger partial charge in [0.15, 0.2) is 0 Å². The number of carbonyl (C=O) groups is 1. The molecule has 3 aromatic heterocycles. The van der Waals surface area contributed by atoms with Crippen molar-refractivity contribution < 1.29 is 4.79 Å². The van der Waals surface area contributed by atoms with Gasteiger partial charge in [-0.2, -0.15) is 0 Å². The Hall–Kier alpha value is -3.00. The molecule has 4 rings (SSSR count). The molecule has 8 nitrogen and oxygen atoms in total. The van der Waals surface area contributed by atoms with Gasteiger partial charge in [0, 0.05) is 44.1 Å². The van der Waals surface area contributed by atoms with Gasteiger partial charge >= 0.3 is 0 Å². The molecule has 0 atom stereocenters. The Labute approximate surface area is 164 Å². The highest BCUT2D eigenvalue weighted by atomic mass is 16.2. The van der Waals surface area contributed by atoms with Gasteiger partial charge in [-0.05, 0) is 50.5 Å². The number of rotatable bonds is 4. The third kappa shape index (κ3) is 3.82. The molecule has 1 aliphatic rings. The largest absolute Gasteiger partial charge is 0.350 e. The molecule has 4 heterocycles. The molecular formula is C20H25N7O. The van der Waals surface area contributed by atoms with Crippen LogP contribution in [0.4, 0.5) is 11.8 Å². The number of nitrogens with one attached hydrogen (secondary N) is 2. The van der Waals surface area contributed by atoms with Crippen molar-refractivity contribution in [1.29, 1.82) is 0 Å². The molecule has 0 radical (unpaired) electrons. The normalized spacial score (nSPS) is 15.7. The maximum Gasteiger partial charge on any atom is 0.269 e. The van der Waals surface area contributed by atoms with Gasteiger partial charge in [0.25, 0.3) is 5.91 Å². The molecule has 0 spiro atoms. The summed E-state index contributed by atoms with van der Waals surface area (Å²) in [5, 5.41) is 4.02. The topological polar surface area (TPSA) is 90.0 Å². The second-order valence-electron chi connectivity index (χ2n) is 7.58. The maximum absolute atomic E-state index is 12.1. The predicted octanol–water partition coefficient (Wildman–Crippen LogP) is 2.61. The minimum atomic E-state index is -0.0708. The monoisotopic (exact) mass is 379 g/mol. The fourth-order valence-electron chi connectivity index (χ4n) is 3.52. The van der Waals surface area contributed by atoms with Crippen LogP contribution in [0.25, 0.3) is 10.9 Å². The van der Waals surface area contributed by atoms with E-state index < -0.39 is 0 Å². The van der Waals surface area contributed by atoms with Gasteiger partial charge in [0.05, 0.1) is 5.52 Å². The summed E-state index contributed by atoms with van der Waals surface area (Å²) in [7, 11) is 5.62. The number of fused-ring (bicyclic) bond motifs is 1. The third-order valence-electron chi connectivity index (χ3n) is 5.24. The molecular weight excluding hydrogens is 354 g/mol. The van der Waals surface area contributed by atoms with E-state index in [9.17, 15) is 4.79 Å². The number of likely N-dealkylation sites (tertiary alicyclic amines) is 1. The molecule has 2 N–H and O–H groups in total. The minimum absolute atomic E-state index is 0.0708. The zero-order chi connectivity index (χ0) is 19.7. The highest BCUT2D eigenvalue weighted by Gasteiger charge is 2.19. The van der Waals surface area contributed by atoms with Crippen molar-refractivity contribution in [3.63, 3.8) is 0 Å². The van der Waals surface area contributed by atoms with Crippen molar-refractivity contribution in [2.75, 3.05) is 39.5 Å². The molecule has 0 aliphatic carbocycles. The number of pyridine rings is 1.